The molecule has 32 heavy (non-hydrogen) atoms. The van der Waals surface area contributed by atoms with Crippen molar-refractivity contribution >= 4 is 33.0 Å². The van der Waals surface area contributed by atoms with Crippen LogP contribution in [-0.2, 0) is 21.2 Å². The minimum absolute atomic E-state index is 0.00316. The topological polar surface area (TPSA) is 159 Å². The number of sulfone groups is 1. The van der Waals surface area contributed by atoms with E-state index in [9.17, 15) is 28.1 Å². The van der Waals surface area contributed by atoms with Gasteiger partial charge in [-0.15, -0.1) is 0 Å². The summed E-state index contributed by atoms with van der Waals surface area (Å²) in [6, 6.07) is 10.2. The van der Waals surface area contributed by atoms with Gasteiger partial charge in [0.15, 0.2) is 9.84 Å². The summed E-state index contributed by atoms with van der Waals surface area (Å²) < 4.78 is 25.9. The molecule has 0 spiro atoms. The fourth-order valence-corrected chi connectivity index (χ4v) is 5.45. The first-order valence-electron chi connectivity index (χ1n) is 9.75. The molecular formula is C20H22N4O7S. The van der Waals surface area contributed by atoms with Crippen LogP contribution in [0.4, 0.5) is 11.4 Å². The van der Waals surface area contributed by atoms with Crippen LogP contribution in [0.15, 0.2) is 47.4 Å². The van der Waals surface area contributed by atoms with Gasteiger partial charge in [0.1, 0.15) is 0 Å². The van der Waals surface area contributed by atoms with Crippen LogP contribution in [-0.4, -0.2) is 48.7 Å². The van der Waals surface area contributed by atoms with E-state index in [1.807, 2.05) is 6.92 Å². The van der Waals surface area contributed by atoms with Crippen LogP contribution in [0.25, 0.3) is 0 Å². The number of nitro benzene ring substituents is 1. The van der Waals surface area contributed by atoms with E-state index < -0.39 is 38.2 Å². The minimum Gasteiger partial charge on any atom is -0.369 e. The highest BCUT2D eigenvalue weighted by molar-refractivity contribution is 7.92. The van der Waals surface area contributed by atoms with Crippen molar-refractivity contribution in [3.8, 4) is 0 Å². The van der Waals surface area contributed by atoms with Gasteiger partial charge in [0, 0.05) is 43.2 Å². The molecule has 12 heteroatoms. The number of nitrogens with one attached hydrogen (secondary N) is 2. The summed E-state index contributed by atoms with van der Waals surface area (Å²) in [4.78, 5) is 36.5. The Morgan fingerprint density at radius 2 is 1.97 bits per heavy atom. The van der Waals surface area contributed by atoms with Crippen molar-refractivity contribution in [1.82, 2.24) is 10.8 Å². The molecule has 0 saturated carbocycles. The predicted molar refractivity (Wildman–Crippen MR) is 114 cm³/mol. The highest BCUT2D eigenvalue weighted by Crippen LogP contribution is 2.35. The van der Waals surface area contributed by atoms with E-state index in [0.717, 1.165) is 0 Å². The molecule has 0 fully saturated rings. The number of para-hydroxylation sites is 1. The van der Waals surface area contributed by atoms with Gasteiger partial charge in [0.2, 0.25) is 5.91 Å². The van der Waals surface area contributed by atoms with Crippen LogP contribution < -0.4 is 15.7 Å². The van der Waals surface area contributed by atoms with Crippen molar-refractivity contribution in [1.29, 1.82) is 0 Å². The zero-order chi connectivity index (χ0) is 23.5. The number of hydrogen-bond acceptors (Lipinski definition) is 8. The third kappa shape index (κ3) is 4.55. The number of hydroxylamine groups is 1. The van der Waals surface area contributed by atoms with Crippen LogP contribution in [0.1, 0.15) is 29.3 Å². The zero-order valence-electron chi connectivity index (χ0n) is 17.1. The average Bonchev–Trinajstić information content (AvgIpc) is 2.78. The van der Waals surface area contributed by atoms with Gasteiger partial charge in [0.05, 0.1) is 20.8 Å². The first-order chi connectivity index (χ1) is 15.2. The van der Waals surface area contributed by atoms with Crippen LogP contribution in [0.5, 0.6) is 0 Å². The molecule has 1 aliphatic heterocycles. The molecule has 0 aliphatic carbocycles. The largest absolute Gasteiger partial charge is 0.369 e. The highest BCUT2D eigenvalue weighted by atomic mass is 32.2. The molecule has 3 N–H and O–H groups in total. The van der Waals surface area contributed by atoms with Crippen molar-refractivity contribution in [2.24, 2.45) is 0 Å². The first-order valence-corrected chi connectivity index (χ1v) is 11.3. The number of nitrogens with zero attached hydrogens (tertiary/aromatic N) is 2. The number of amides is 2. The maximum atomic E-state index is 13.0. The van der Waals surface area contributed by atoms with Gasteiger partial charge in [-0.1, -0.05) is 18.2 Å². The quantitative estimate of drug-likeness (QED) is 0.316. The normalized spacial score (nSPS) is 16.7. The predicted octanol–water partition coefficient (Wildman–Crippen LogP) is 1.40. The summed E-state index contributed by atoms with van der Waals surface area (Å²) in [5, 5.41) is 21.5. The smallest absolute Gasteiger partial charge is 0.274 e. The van der Waals surface area contributed by atoms with Gasteiger partial charge in [-0.25, -0.2) is 13.9 Å². The fraction of sp³-hybridized carbons (Fsp3) is 0.300. The molecule has 0 bridgehead atoms. The molecule has 2 aromatic rings. The molecule has 1 heterocycles. The van der Waals surface area contributed by atoms with Crippen molar-refractivity contribution in [2.45, 2.75) is 30.0 Å². The number of nitro groups is 1. The number of rotatable bonds is 7. The Hall–Kier alpha value is -3.51. The van der Waals surface area contributed by atoms with Crippen molar-refractivity contribution in [3.63, 3.8) is 0 Å². The lowest BCUT2D eigenvalue weighted by Gasteiger charge is -2.35. The standard InChI is InChI=1S/C20H22N4O7S/c1-2-23-12-15(10-19(25)22-27)32(30,31)18-8-7-13(9-17(18)23)20(26)21-11-14-5-3-4-6-16(14)24(28)29/h3-9,15,27H,2,10-12H2,1H3,(H,21,26)(H,22,25). The summed E-state index contributed by atoms with van der Waals surface area (Å²) >= 11 is 0. The zero-order valence-corrected chi connectivity index (χ0v) is 18.0. The number of carbonyl (C=O) groups is 2. The molecular weight excluding hydrogens is 440 g/mol. The molecule has 0 aromatic heterocycles. The molecule has 3 rings (SSSR count). The minimum atomic E-state index is -3.86. The van der Waals surface area contributed by atoms with Crippen LogP contribution in [0, 0.1) is 10.1 Å². The van der Waals surface area contributed by atoms with E-state index in [0.29, 0.717) is 17.8 Å². The van der Waals surface area contributed by atoms with Crippen LogP contribution in [0.2, 0.25) is 0 Å². The van der Waals surface area contributed by atoms with E-state index in [4.69, 9.17) is 5.21 Å². The molecule has 0 saturated heterocycles. The summed E-state index contributed by atoms with van der Waals surface area (Å²) in [6.45, 7) is 2.20. The van der Waals surface area contributed by atoms with Gasteiger partial charge in [0.25, 0.3) is 11.6 Å². The molecule has 11 nitrogen and oxygen atoms in total. The Morgan fingerprint density at radius 3 is 2.62 bits per heavy atom. The second kappa shape index (κ2) is 9.32. The average molecular weight is 462 g/mol. The van der Waals surface area contributed by atoms with Crippen molar-refractivity contribution in [3.05, 3.63) is 63.7 Å². The van der Waals surface area contributed by atoms with Gasteiger partial charge in [-0.2, -0.15) is 0 Å². The Balaban J connectivity index is 1.85. The third-order valence-corrected chi connectivity index (χ3v) is 7.43. The van der Waals surface area contributed by atoms with E-state index in [1.165, 1.54) is 35.8 Å². The number of carbonyl (C=O) groups excluding carboxylic acids is 2. The summed E-state index contributed by atoms with van der Waals surface area (Å²) in [6.07, 6.45) is -0.396. The van der Waals surface area contributed by atoms with E-state index in [1.54, 1.807) is 17.0 Å². The number of benzene rings is 2. The molecule has 1 unspecified atom stereocenters. The lowest BCUT2D eigenvalue weighted by atomic mass is 10.1. The molecule has 1 atom stereocenters. The van der Waals surface area contributed by atoms with Gasteiger partial charge < -0.3 is 10.2 Å². The summed E-state index contributed by atoms with van der Waals surface area (Å²) in [5.41, 5.74) is 2.22. The number of anilines is 1. The monoisotopic (exact) mass is 462 g/mol. The summed E-state index contributed by atoms with van der Waals surface area (Å²) in [5.74, 6) is -1.31. The lowest BCUT2D eigenvalue weighted by molar-refractivity contribution is -0.385. The number of fused-ring (bicyclic) bond motifs is 1. The maximum absolute atomic E-state index is 13.0. The van der Waals surface area contributed by atoms with E-state index >= 15 is 0 Å². The molecule has 170 valence electrons. The molecule has 2 aromatic carbocycles. The molecule has 1 aliphatic rings. The fourth-order valence-electron chi connectivity index (χ4n) is 3.61. The van der Waals surface area contributed by atoms with Gasteiger partial charge >= 0.3 is 0 Å². The Bertz CT molecular complexity index is 1170. The van der Waals surface area contributed by atoms with Crippen LogP contribution in [0.3, 0.4) is 0 Å². The van der Waals surface area contributed by atoms with E-state index in [2.05, 4.69) is 5.32 Å². The molecule has 2 amide bonds. The highest BCUT2D eigenvalue weighted by Gasteiger charge is 2.38. The molecule has 0 radical (unpaired) electrons. The second-order valence-corrected chi connectivity index (χ2v) is 9.39. The maximum Gasteiger partial charge on any atom is 0.274 e. The Morgan fingerprint density at radius 1 is 1.25 bits per heavy atom. The van der Waals surface area contributed by atoms with E-state index in [-0.39, 0.29) is 29.2 Å². The van der Waals surface area contributed by atoms with Gasteiger partial charge in [-0.3, -0.25) is 24.9 Å². The Labute approximate surface area is 184 Å². The van der Waals surface area contributed by atoms with Crippen LogP contribution >= 0.6 is 0 Å². The van der Waals surface area contributed by atoms with Crippen molar-refractivity contribution in [2.75, 3.05) is 18.0 Å². The lowest BCUT2D eigenvalue weighted by Crippen LogP contribution is -2.44. The van der Waals surface area contributed by atoms with Crippen molar-refractivity contribution < 1.29 is 28.1 Å². The second-order valence-electron chi connectivity index (χ2n) is 7.20. The third-order valence-electron chi connectivity index (χ3n) is 5.28. The Kier molecular flexibility index (Phi) is 6.75. The summed E-state index contributed by atoms with van der Waals surface area (Å²) in [7, 11) is -3.86. The number of hydrogen-bond donors (Lipinski definition) is 3. The first kappa shape index (κ1) is 23.2. The van der Waals surface area contributed by atoms with Gasteiger partial charge in [-0.05, 0) is 25.1 Å². The SMILES string of the molecule is CCN1CC(CC(=O)NO)S(=O)(=O)c2ccc(C(=O)NCc3ccccc3[N+](=O)[O-])cc21.